The minimum absolute atomic E-state index is 0.0533. The molecule has 0 saturated heterocycles. The van der Waals surface area contributed by atoms with E-state index in [9.17, 15) is 23.1 Å². The molecule has 142 valence electrons. The number of aliphatic hydroxyl groups is 1. The minimum Gasteiger partial charge on any atom is -0.504 e. The van der Waals surface area contributed by atoms with Crippen molar-refractivity contribution in [3.8, 4) is 5.75 Å². The zero-order valence-electron chi connectivity index (χ0n) is 13.4. The van der Waals surface area contributed by atoms with Gasteiger partial charge in [-0.05, 0) is 12.1 Å². The van der Waals surface area contributed by atoms with Gasteiger partial charge in [-0.2, -0.15) is 8.42 Å². The highest BCUT2D eigenvalue weighted by Crippen LogP contribution is 2.36. The van der Waals surface area contributed by atoms with E-state index in [1.54, 1.807) is 0 Å². The fourth-order valence-electron chi connectivity index (χ4n) is 2.35. The number of phenols is 1. The van der Waals surface area contributed by atoms with Crippen LogP contribution in [0.2, 0.25) is 5.02 Å². The molecule has 1 heterocycles. The summed E-state index contributed by atoms with van der Waals surface area (Å²) in [5.74, 6) is -2.38. The van der Waals surface area contributed by atoms with Gasteiger partial charge in [-0.25, -0.2) is 4.79 Å². The van der Waals surface area contributed by atoms with Crippen molar-refractivity contribution in [2.24, 2.45) is 0 Å². The Bertz CT molecular complexity index is 896. The Morgan fingerprint density at radius 1 is 1.42 bits per heavy atom. The first kappa shape index (κ1) is 20.0. The first-order valence-electron chi connectivity index (χ1n) is 7.08. The van der Waals surface area contributed by atoms with Crippen molar-refractivity contribution >= 4 is 39.3 Å². The summed E-state index contributed by atoms with van der Waals surface area (Å²) >= 11 is 5.79. The van der Waals surface area contributed by atoms with Crippen LogP contribution < -0.4 is 5.32 Å². The van der Waals surface area contributed by atoms with E-state index < -0.39 is 32.6 Å². The number of carbonyl (C=O) groups excluding carboxylic acids is 2. The number of amides is 1. The maximum absolute atomic E-state index is 12.4. The van der Waals surface area contributed by atoms with E-state index in [2.05, 4.69) is 10.1 Å². The molecule has 1 aromatic carbocycles. The lowest BCUT2D eigenvalue weighted by molar-refractivity contribution is -0.136. The van der Waals surface area contributed by atoms with Gasteiger partial charge in [-0.3, -0.25) is 9.35 Å². The van der Waals surface area contributed by atoms with Gasteiger partial charge >= 0.3 is 5.97 Å². The Balaban J connectivity index is 2.52. The number of methoxy groups -OCH3 is 1. The van der Waals surface area contributed by atoms with Gasteiger partial charge in [0, 0.05) is 11.6 Å². The van der Waals surface area contributed by atoms with Crippen molar-refractivity contribution in [2.75, 3.05) is 32.1 Å². The van der Waals surface area contributed by atoms with Crippen molar-refractivity contribution < 1.29 is 37.5 Å². The van der Waals surface area contributed by atoms with E-state index in [4.69, 9.17) is 21.3 Å². The maximum atomic E-state index is 12.4. The van der Waals surface area contributed by atoms with Gasteiger partial charge in [0.15, 0.2) is 5.75 Å². The number of esters is 1. The number of β-amino-alcohol motifs (C(OH)–C–C–N with tert-alkyl or cyclic N) is 1. The molecular weight excluding hydrogens is 392 g/mol. The fourth-order valence-corrected chi connectivity index (χ4v) is 3.26. The van der Waals surface area contributed by atoms with Crippen molar-refractivity contribution in [1.82, 2.24) is 4.90 Å². The zero-order valence-corrected chi connectivity index (χ0v) is 15.0. The first-order chi connectivity index (χ1) is 12.1. The van der Waals surface area contributed by atoms with Gasteiger partial charge in [-0.15, -0.1) is 0 Å². The molecular formula is C14H15ClN2O8S. The van der Waals surface area contributed by atoms with Gasteiger partial charge < -0.3 is 25.2 Å². The third-order valence-corrected chi connectivity index (χ3v) is 4.62. The second kappa shape index (κ2) is 7.50. The topological polar surface area (TPSA) is 153 Å². The minimum atomic E-state index is -4.79. The van der Waals surface area contributed by atoms with Gasteiger partial charge in [0.1, 0.15) is 10.6 Å². The van der Waals surface area contributed by atoms with Gasteiger partial charge in [0.25, 0.3) is 16.0 Å². The number of nitrogens with zero attached hydrogens (tertiary/aromatic N) is 1. The van der Waals surface area contributed by atoms with Gasteiger partial charge in [-0.1, -0.05) is 11.6 Å². The number of aliphatic hydroxyl groups excluding tert-OH is 1. The number of benzene rings is 1. The summed E-state index contributed by atoms with van der Waals surface area (Å²) in [6.45, 7) is -0.550. The van der Waals surface area contributed by atoms with Crippen LogP contribution in [0, 0.1) is 0 Å². The molecule has 1 aliphatic rings. The summed E-state index contributed by atoms with van der Waals surface area (Å²) < 4.78 is 36.4. The van der Waals surface area contributed by atoms with E-state index in [-0.39, 0.29) is 41.7 Å². The molecule has 0 saturated carbocycles. The summed E-state index contributed by atoms with van der Waals surface area (Å²) in [6.07, 6.45) is 0. The van der Waals surface area contributed by atoms with E-state index in [1.807, 2.05) is 0 Å². The Hall–Kier alpha value is -2.34. The number of hydrogen-bond donors (Lipinski definition) is 4. The lowest BCUT2D eigenvalue weighted by Gasteiger charge is -2.15. The van der Waals surface area contributed by atoms with E-state index in [1.165, 1.54) is 0 Å². The highest BCUT2D eigenvalue weighted by Gasteiger charge is 2.35. The molecule has 2 rings (SSSR count). The predicted octanol–water partition coefficient (Wildman–Crippen LogP) is -0.0342. The lowest BCUT2D eigenvalue weighted by atomic mass is 10.2. The normalized spacial score (nSPS) is 14.8. The molecule has 10 nitrogen and oxygen atoms in total. The number of phenolic OH excluding ortho intramolecular Hbond substituents is 1. The molecule has 0 bridgehead atoms. The Morgan fingerprint density at radius 3 is 2.62 bits per heavy atom. The van der Waals surface area contributed by atoms with Crippen LogP contribution in [-0.4, -0.2) is 66.8 Å². The average Bonchev–Trinajstić information content (AvgIpc) is 2.86. The van der Waals surface area contributed by atoms with Crippen molar-refractivity contribution in [3.05, 3.63) is 28.4 Å². The third kappa shape index (κ3) is 3.90. The molecule has 4 N–H and O–H groups in total. The number of ether oxygens (including phenoxy) is 1. The Morgan fingerprint density at radius 2 is 2.08 bits per heavy atom. The Kier molecular flexibility index (Phi) is 5.76. The molecule has 0 fully saturated rings. The van der Waals surface area contributed by atoms with Crippen molar-refractivity contribution in [1.29, 1.82) is 0 Å². The molecule has 0 unspecified atom stereocenters. The second-order valence-electron chi connectivity index (χ2n) is 5.20. The summed E-state index contributed by atoms with van der Waals surface area (Å²) in [5, 5.41) is 21.4. The van der Waals surface area contributed by atoms with Crippen molar-refractivity contribution in [3.63, 3.8) is 0 Å². The average molecular weight is 407 g/mol. The number of hydrogen-bond acceptors (Lipinski definition) is 8. The summed E-state index contributed by atoms with van der Waals surface area (Å²) in [6, 6.07) is 1.93. The molecule has 1 aromatic rings. The number of rotatable bonds is 6. The van der Waals surface area contributed by atoms with Crippen LogP contribution in [0.25, 0.3) is 0 Å². The maximum Gasteiger partial charge on any atom is 0.337 e. The lowest BCUT2D eigenvalue weighted by Crippen LogP contribution is -2.31. The molecule has 0 aromatic heterocycles. The van der Waals surface area contributed by atoms with E-state index in [0.29, 0.717) is 0 Å². The number of nitrogens with one attached hydrogen (secondary N) is 1. The molecule has 0 aliphatic carbocycles. The summed E-state index contributed by atoms with van der Waals surface area (Å²) in [7, 11) is -3.68. The highest BCUT2D eigenvalue weighted by molar-refractivity contribution is 7.86. The molecule has 12 heteroatoms. The molecule has 1 amide bonds. The van der Waals surface area contributed by atoms with Crippen LogP contribution in [-0.2, 0) is 24.4 Å². The summed E-state index contributed by atoms with van der Waals surface area (Å²) in [4.78, 5) is 24.6. The molecule has 0 atom stereocenters. The molecule has 0 radical (unpaired) electrons. The number of carbonyl (C=O) groups is 2. The predicted molar refractivity (Wildman–Crippen MR) is 89.3 cm³/mol. The van der Waals surface area contributed by atoms with Crippen molar-refractivity contribution in [2.45, 2.75) is 4.90 Å². The van der Waals surface area contributed by atoms with E-state index >= 15 is 0 Å². The third-order valence-electron chi connectivity index (χ3n) is 3.53. The van der Waals surface area contributed by atoms with Crippen LogP contribution in [0.1, 0.15) is 0 Å². The largest absolute Gasteiger partial charge is 0.504 e. The van der Waals surface area contributed by atoms with Crippen LogP contribution in [0.3, 0.4) is 0 Å². The highest BCUT2D eigenvalue weighted by atomic mass is 35.5. The molecule has 26 heavy (non-hydrogen) atoms. The monoisotopic (exact) mass is 406 g/mol. The Labute approximate surface area is 153 Å². The number of aromatic hydroxyl groups is 1. The zero-order chi connectivity index (χ0) is 19.6. The first-order valence-corrected chi connectivity index (χ1v) is 8.90. The quantitative estimate of drug-likeness (QED) is 0.289. The van der Waals surface area contributed by atoms with Crippen LogP contribution in [0.4, 0.5) is 5.69 Å². The fraction of sp³-hybridized carbons (Fsp3) is 0.286. The smallest absolute Gasteiger partial charge is 0.337 e. The van der Waals surface area contributed by atoms with E-state index in [0.717, 1.165) is 24.1 Å². The number of anilines is 1. The van der Waals surface area contributed by atoms with Crippen LogP contribution in [0.5, 0.6) is 5.75 Å². The molecule has 1 aliphatic heterocycles. The summed E-state index contributed by atoms with van der Waals surface area (Å²) in [5.41, 5.74) is -0.677. The molecule has 0 spiro atoms. The van der Waals surface area contributed by atoms with Gasteiger partial charge in [0.2, 0.25) is 0 Å². The van der Waals surface area contributed by atoms with Crippen LogP contribution in [0.15, 0.2) is 28.3 Å². The standard InChI is InChI=1S/C14H15ClN2O8S/c1-25-14(21)8-6-17(2-3-18)13(20)11(8)16-9-4-7(15)5-10(12(9)19)26(22,23)24/h4-5,16,18-19H,2-3,6H2,1H3,(H,22,23,24). The SMILES string of the molecule is COC(=O)C1=C(Nc2cc(Cl)cc(S(=O)(=O)O)c2O)C(=O)N(CCO)C1. The number of halogens is 1. The van der Waals surface area contributed by atoms with Gasteiger partial charge in [0.05, 0.1) is 31.5 Å². The van der Waals surface area contributed by atoms with Crippen LogP contribution >= 0.6 is 11.6 Å². The second-order valence-corrected chi connectivity index (χ2v) is 7.02.